The molecule has 7 heteroatoms. The molecule has 1 aromatic carbocycles. The first-order valence-electron chi connectivity index (χ1n) is 6.66. The van der Waals surface area contributed by atoms with Crippen molar-refractivity contribution in [2.24, 2.45) is 0 Å². The number of carbonyl (C=O) groups excluding carboxylic acids is 2. The number of carbonyl (C=O) groups is 2. The van der Waals surface area contributed by atoms with Gasteiger partial charge in [0.1, 0.15) is 0 Å². The number of nitrogens with zero attached hydrogens (tertiary/aromatic N) is 3. The van der Waals surface area contributed by atoms with Crippen LogP contribution in [-0.4, -0.2) is 36.1 Å². The molecule has 0 bridgehead atoms. The van der Waals surface area contributed by atoms with Gasteiger partial charge >= 0.3 is 0 Å². The molecule has 2 rings (SSSR count). The van der Waals surface area contributed by atoms with Crippen LogP contribution in [0.4, 0.5) is 17.3 Å². The maximum atomic E-state index is 12.3. The number of hydrogen-bond acceptors (Lipinski definition) is 5. The largest absolute Gasteiger partial charge is 0.361 e. The predicted molar refractivity (Wildman–Crippen MR) is 85.1 cm³/mol. The molecular formula is C15H17N5O2. The van der Waals surface area contributed by atoms with E-state index >= 15 is 0 Å². The van der Waals surface area contributed by atoms with Crippen LogP contribution in [0.15, 0.2) is 36.4 Å². The molecule has 0 atom stereocenters. The molecule has 1 aromatic heterocycles. The van der Waals surface area contributed by atoms with Crippen LogP contribution >= 0.6 is 0 Å². The minimum atomic E-state index is -0.365. The molecule has 2 aromatic rings. The van der Waals surface area contributed by atoms with E-state index in [-0.39, 0.29) is 11.8 Å². The zero-order chi connectivity index (χ0) is 16.1. The summed E-state index contributed by atoms with van der Waals surface area (Å²) in [4.78, 5) is 25.3. The third-order valence-electron chi connectivity index (χ3n) is 2.83. The highest BCUT2D eigenvalue weighted by molar-refractivity contribution is 6.09. The van der Waals surface area contributed by atoms with E-state index in [9.17, 15) is 9.59 Å². The summed E-state index contributed by atoms with van der Waals surface area (Å²) in [5, 5.41) is 13.2. The normalized spacial score (nSPS) is 9.95. The molecule has 22 heavy (non-hydrogen) atoms. The molecular weight excluding hydrogens is 282 g/mol. The van der Waals surface area contributed by atoms with Gasteiger partial charge in [-0.25, -0.2) is 0 Å². The number of hydrogen-bond donors (Lipinski definition) is 2. The van der Waals surface area contributed by atoms with Gasteiger partial charge in [0.05, 0.1) is 11.3 Å². The van der Waals surface area contributed by atoms with Gasteiger partial charge < -0.3 is 15.5 Å². The molecule has 0 aliphatic rings. The Hall–Kier alpha value is -2.96. The lowest BCUT2D eigenvalue weighted by molar-refractivity contribution is -0.114. The Labute approximate surface area is 128 Å². The van der Waals surface area contributed by atoms with Gasteiger partial charge in [-0.3, -0.25) is 9.59 Å². The number of anilines is 3. The van der Waals surface area contributed by atoms with Gasteiger partial charge in [0.2, 0.25) is 5.91 Å². The molecule has 0 saturated heterocycles. The van der Waals surface area contributed by atoms with Crippen LogP contribution in [0.2, 0.25) is 0 Å². The van der Waals surface area contributed by atoms with Crippen molar-refractivity contribution in [3.8, 4) is 0 Å². The van der Waals surface area contributed by atoms with E-state index < -0.39 is 0 Å². The van der Waals surface area contributed by atoms with Crippen molar-refractivity contribution in [3.63, 3.8) is 0 Å². The number of amides is 2. The van der Waals surface area contributed by atoms with Gasteiger partial charge in [0.25, 0.3) is 5.91 Å². The lowest BCUT2D eigenvalue weighted by atomic mass is 10.1. The number of para-hydroxylation sites is 1. The summed E-state index contributed by atoms with van der Waals surface area (Å²) in [6, 6.07) is 10.2. The zero-order valence-electron chi connectivity index (χ0n) is 12.6. The molecule has 0 saturated carbocycles. The monoisotopic (exact) mass is 299 g/mol. The summed E-state index contributed by atoms with van der Waals surface area (Å²) >= 11 is 0. The second kappa shape index (κ2) is 6.66. The maximum Gasteiger partial charge on any atom is 0.258 e. The summed E-state index contributed by atoms with van der Waals surface area (Å²) in [6.07, 6.45) is 0. The fourth-order valence-corrected chi connectivity index (χ4v) is 1.79. The third-order valence-corrected chi connectivity index (χ3v) is 2.83. The van der Waals surface area contributed by atoms with Gasteiger partial charge in [-0.15, -0.1) is 10.2 Å². The fourth-order valence-electron chi connectivity index (χ4n) is 1.79. The topological polar surface area (TPSA) is 87.2 Å². The molecule has 1 heterocycles. The summed E-state index contributed by atoms with van der Waals surface area (Å²) in [5.74, 6) is 0.427. The van der Waals surface area contributed by atoms with Gasteiger partial charge in [-0.1, -0.05) is 12.1 Å². The van der Waals surface area contributed by atoms with Crippen LogP contribution in [0, 0.1) is 0 Å². The predicted octanol–water partition coefficient (Wildman–Crippen LogP) is 1.75. The summed E-state index contributed by atoms with van der Waals surface area (Å²) in [5.41, 5.74) is 0.807. The average Bonchev–Trinajstić information content (AvgIpc) is 2.47. The second-order valence-electron chi connectivity index (χ2n) is 4.85. The molecule has 0 aliphatic carbocycles. The van der Waals surface area contributed by atoms with E-state index in [1.165, 1.54) is 6.92 Å². The van der Waals surface area contributed by atoms with Crippen molar-refractivity contribution in [2.45, 2.75) is 6.92 Å². The van der Waals surface area contributed by atoms with Crippen molar-refractivity contribution in [1.29, 1.82) is 0 Å². The van der Waals surface area contributed by atoms with E-state index in [0.29, 0.717) is 22.9 Å². The summed E-state index contributed by atoms with van der Waals surface area (Å²) in [7, 11) is 3.71. The van der Waals surface area contributed by atoms with Crippen molar-refractivity contribution < 1.29 is 9.59 Å². The average molecular weight is 299 g/mol. The molecule has 114 valence electrons. The molecule has 0 radical (unpaired) electrons. The van der Waals surface area contributed by atoms with E-state index in [2.05, 4.69) is 20.8 Å². The highest BCUT2D eigenvalue weighted by Crippen LogP contribution is 2.17. The highest BCUT2D eigenvalue weighted by atomic mass is 16.2. The molecule has 2 N–H and O–H groups in total. The molecule has 2 amide bonds. The first-order valence-corrected chi connectivity index (χ1v) is 6.66. The van der Waals surface area contributed by atoms with Gasteiger partial charge in [0.15, 0.2) is 11.6 Å². The van der Waals surface area contributed by atoms with Crippen LogP contribution in [0.5, 0.6) is 0 Å². The van der Waals surface area contributed by atoms with Crippen LogP contribution in [0.1, 0.15) is 17.3 Å². The van der Waals surface area contributed by atoms with Gasteiger partial charge in [-0.05, 0) is 24.3 Å². The summed E-state index contributed by atoms with van der Waals surface area (Å²) < 4.78 is 0. The molecule has 0 spiro atoms. The minimum absolute atomic E-state index is 0.240. The number of aromatic nitrogens is 2. The maximum absolute atomic E-state index is 12.3. The standard InChI is InChI=1S/C15H17N5O2/c1-10(21)16-12-7-5-4-6-11(12)15(22)17-13-8-9-14(19-18-13)20(2)3/h4-9H,1-3H3,(H,16,21)(H,17,18,22). The SMILES string of the molecule is CC(=O)Nc1ccccc1C(=O)Nc1ccc(N(C)C)nn1. The van der Waals surface area contributed by atoms with E-state index in [1.54, 1.807) is 36.4 Å². The lowest BCUT2D eigenvalue weighted by Crippen LogP contribution is -2.18. The molecule has 0 unspecified atom stereocenters. The lowest BCUT2D eigenvalue weighted by Gasteiger charge is -2.11. The van der Waals surface area contributed by atoms with E-state index in [1.807, 2.05) is 19.0 Å². The summed E-state index contributed by atoms with van der Waals surface area (Å²) in [6.45, 7) is 1.39. The van der Waals surface area contributed by atoms with Crippen molar-refractivity contribution in [3.05, 3.63) is 42.0 Å². The molecule has 7 nitrogen and oxygen atoms in total. The number of rotatable bonds is 4. The van der Waals surface area contributed by atoms with Crippen molar-refractivity contribution in [2.75, 3.05) is 29.6 Å². The Morgan fingerprint density at radius 3 is 2.32 bits per heavy atom. The first-order chi connectivity index (χ1) is 10.5. The third kappa shape index (κ3) is 3.78. The van der Waals surface area contributed by atoms with E-state index in [4.69, 9.17) is 0 Å². The van der Waals surface area contributed by atoms with Gasteiger partial charge in [-0.2, -0.15) is 0 Å². The Balaban J connectivity index is 2.17. The zero-order valence-corrected chi connectivity index (χ0v) is 12.6. The molecule has 0 fully saturated rings. The first kappa shape index (κ1) is 15.4. The Bertz CT molecular complexity index is 683. The Morgan fingerprint density at radius 2 is 1.73 bits per heavy atom. The van der Waals surface area contributed by atoms with E-state index in [0.717, 1.165) is 0 Å². The van der Waals surface area contributed by atoms with Crippen LogP contribution in [-0.2, 0) is 4.79 Å². The van der Waals surface area contributed by atoms with Crippen molar-refractivity contribution in [1.82, 2.24) is 10.2 Å². The highest BCUT2D eigenvalue weighted by Gasteiger charge is 2.12. The smallest absolute Gasteiger partial charge is 0.258 e. The van der Waals surface area contributed by atoms with Crippen LogP contribution in [0.25, 0.3) is 0 Å². The number of benzene rings is 1. The quantitative estimate of drug-likeness (QED) is 0.898. The van der Waals surface area contributed by atoms with Gasteiger partial charge in [0, 0.05) is 21.0 Å². The minimum Gasteiger partial charge on any atom is -0.361 e. The number of nitrogens with one attached hydrogen (secondary N) is 2. The van der Waals surface area contributed by atoms with Crippen molar-refractivity contribution >= 4 is 29.1 Å². The Morgan fingerprint density at radius 1 is 1.00 bits per heavy atom. The fraction of sp³-hybridized carbons (Fsp3) is 0.200. The van der Waals surface area contributed by atoms with Crippen LogP contribution in [0.3, 0.4) is 0 Å². The molecule has 0 aliphatic heterocycles. The van der Waals surface area contributed by atoms with Crippen LogP contribution < -0.4 is 15.5 Å². The Kier molecular flexibility index (Phi) is 4.67. The second-order valence-corrected chi connectivity index (χ2v) is 4.85.